The summed E-state index contributed by atoms with van der Waals surface area (Å²) >= 11 is 6.04. The molecule has 0 unspecified atom stereocenters. The first-order valence-electron chi connectivity index (χ1n) is 7.87. The first-order chi connectivity index (χ1) is 12.2. The Kier molecular flexibility index (Phi) is 4.04. The molecule has 1 amide bonds. The van der Waals surface area contributed by atoms with Crippen LogP contribution in [0.4, 0.5) is 11.4 Å². The molecule has 0 radical (unpaired) electrons. The highest BCUT2D eigenvalue weighted by molar-refractivity contribution is 6.54. The van der Waals surface area contributed by atoms with Gasteiger partial charge in [0.25, 0.3) is 5.91 Å². The first kappa shape index (κ1) is 15.5. The van der Waals surface area contributed by atoms with Crippen molar-refractivity contribution >= 4 is 34.6 Å². The molecule has 1 aliphatic heterocycles. The Hall–Kier alpha value is -2.98. The van der Waals surface area contributed by atoms with Crippen molar-refractivity contribution in [3.05, 3.63) is 88.7 Å². The first-order valence-corrected chi connectivity index (χ1v) is 8.25. The van der Waals surface area contributed by atoms with Crippen molar-refractivity contribution in [3.8, 4) is 0 Å². The molecule has 25 heavy (non-hydrogen) atoms. The van der Waals surface area contributed by atoms with E-state index in [1.165, 1.54) is 11.1 Å². The number of halogens is 1. The molecule has 0 aliphatic carbocycles. The quantitative estimate of drug-likeness (QED) is 0.763. The lowest BCUT2D eigenvalue weighted by Gasteiger charge is -2.03. The van der Waals surface area contributed by atoms with Crippen molar-refractivity contribution in [2.24, 2.45) is 4.99 Å². The second-order valence-electron chi connectivity index (χ2n) is 5.80. The molecule has 1 aromatic heterocycles. The van der Waals surface area contributed by atoms with Crippen LogP contribution >= 0.6 is 11.6 Å². The number of anilines is 1. The summed E-state index contributed by atoms with van der Waals surface area (Å²) in [5.74, 6) is -0.210. The summed E-state index contributed by atoms with van der Waals surface area (Å²) in [5, 5.41) is 3.38. The van der Waals surface area contributed by atoms with Crippen LogP contribution < -0.4 is 5.32 Å². The van der Waals surface area contributed by atoms with E-state index in [0.29, 0.717) is 10.7 Å². The number of pyridine rings is 1. The number of nitrogens with one attached hydrogen (secondary N) is 1. The molecule has 2 aromatic carbocycles. The van der Waals surface area contributed by atoms with Crippen LogP contribution in [0.2, 0.25) is 5.02 Å². The van der Waals surface area contributed by atoms with E-state index in [2.05, 4.69) is 15.3 Å². The fourth-order valence-electron chi connectivity index (χ4n) is 2.79. The van der Waals surface area contributed by atoms with Gasteiger partial charge in [0.1, 0.15) is 5.71 Å². The lowest BCUT2D eigenvalue weighted by molar-refractivity contribution is -0.110. The Morgan fingerprint density at radius 1 is 0.960 bits per heavy atom. The smallest absolute Gasteiger partial charge is 0.275 e. The van der Waals surface area contributed by atoms with Crippen LogP contribution in [-0.4, -0.2) is 16.6 Å². The van der Waals surface area contributed by atoms with Gasteiger partial charge < -0.3 is 5.32 Å². The van der Waals surface area contributed by atoms with E-state index in [-0.39, 0.29) is 5.91 Å². The zero-order valence-corrected chi connectivity index (χ0v) is 14.0. The van der Waals surface area contributed by atoms with E-state index < -0.39 is 0 Å². The summed E-state index contributed by atoms with van der Waals surface area (Å²) in [6.45, 7) is 0. The van der Waals surface area contributed by atoms with Crippen molar-refractivity contribution in [1.29, 1.82) is 0 Å². The van der Waals surface area contributed by atoms with Gasteiger partial charge in [-0.25, -0.2) is 4.99 Å². The van der Waals surface area contributed by atoms with Crippen LogP contribution in [0.15, 0.2) is 72.0 Å². The van der Waals surface area contributed by atoms with Crippen molar-refractivity contribution in [2.75, 3.05) is 5.32 Å². The average Bonchev–Trinajstić information content (AvgIpc) is 2.93. The molecule has 122 valence electrons. The van der Waals surface area contributed by atoms with Crippen molar-refractivity contribution in [3.63, 3.8) is 0 Å². The highest BCUT2D eigenvalue weighted by atomic mass is 35.5. The summed E-state index contributed by atoms with van der Waals surface area (Å²) < 4.78 is 0. The van der Waals surface area contributed by atoms with Crippen LogP contribution in [0, 0.1) is 0 Å². The van der Waals surface area contributed by atoms with E-state index in [0.717, 1.165) is 23.4 Å². The summed E-state index contributed by atoms with van der Waals surface area (Å²) in [6.07, 6.45) is 4.41. The molecule has 0 atom stereocenters. The maximum Gasteiger partial charge on any atom is 0.275 e. The molecule has 0 saturated heterocycles. The van der Waals surface area contributed by atoms with Crippen molar-refractivity contribution in [2.45, 2.75) is 6.42 Å². The highest BCUT2D eigenvalue weighted by Gasteiger charge is 2.26. The van der Waals surface area contributed by atoms with Gasteiger partial charge in [-0.05, 0) is 60.0 Å². The van der Waals surface area contributed by atoms with Gasteiger partial charge >= 0.3 is 0 Å². The van der Waals surface area contributed by atoms with Gasteiger partial charge in [0.05, 0.1) is 11.4 Å². The molecule has 2 heterocycles. The van der Waals surface area contributed by atoms with Gasteiger partial charge in [0, 0.05) is 23.0 Å². The molecular formula is C20H14ClN3O. The maximum atomic E-state index is 12.2. The Balaban J connectivity index is 1.60. The predicted octanol–water partition coefficient (Wildman–Crippen LogP) is 4.40. The van der Waals surface area contributed by atoms with Crippen LogP contribution in [0.25, 0.3) is 0 Å². The molecular weight excluding hydrogens is 334 g/mol. The summed E-state index contributed by atoms with van der Waals surface area (Å²) in [4.78, 5) is 20.7. The molecule has 3 aromatic rings. The van der Waals surface area contributed by atoms with Crippen LogP contribution in [0.1, 0.15) is 16.7 Å². The normalized spacial score (nSPS) is 14.4. The number of aliphatic imine (C=N–C) groups is 1. The number of carbonyl (C=O) groups excluding carboxylic acids is 1. The Labute approximate surface area is 150 Å². The minimum atomic E-state index is -0.210. The van der Waals surface area contributed by atoms with E-state index in [1.807, 2.05) is 36.4 Å². The van der Waals surface area contributed by atoms with Crippen molar-refractivity contribution < 1.29 is 4.79 Å². The lowest BCUT2D eigenvalue weighted by atomic mass is 10.1. The fourth-order valence-corrected chi connectivity index (χ4v) is 2.96. The molecule has 4 nitrogen and oxygen atoms in total. The Morgan fingerprint density at radius 2 is 1.68 bits per heavy atom. The minimum absolute atomic E-state index is 0.210. The molecule has 0 saturated carbocycles. The van der Waals surface area contributed by atoms with Gasteiger partial charge in [-0.15, -0.1) is 0 Å². The molecule has 0 bridgehead atoms. The van der Waals surface area contributed by atoms with Gasteiger partial charge in [0.15, 0.2) is 0 Å². The van der Waals surface area contributed by atoms with Gasteiger partial charge in [-0.3, -0.25) is 9.78 Å². The third kappa shape index (κ3) is 3.30. The molecule has 0 spiro atoms. The Bertz CT molecular complexity index is 966. The highest BCUT2D eigenvalue weighted by Crippen LogP contribution is 2.28. The summed E-state index contributed by atoms with van der Waals surface area (Å²) in [7, 11) is 0. The van der Waals surface area contributed by atoms with Gasteiger partial charge in [-0.2, -0.15) is 0 Å². The maximum absolute atomic E-state index is 12.2. The number of rotatable bonds is 3. The number of benzene rings is 2. The summed E-state index contributed by atoms with van der Waals surface area (Å²) in [5.41, 5.74) is 4.97. The van der Waals surface area contributed by atoms with Gasteiger partial charge in [0.2, 0.25) is 0 Å². The van der Waals surface area contributed by atoms with E-state index in [9.17, 15) is 4.79 Å². The molecule has 4 rings (SSSR count). The molecule has 5 heteroatoms. The van der Waals surface area contributed by atoms with E-state index >= 15 is 0 Å². The number of aromatic nitrogens is 1. The summed E-state index contributed by atoms with van der Waals surface area (Å²) in [6, 6.07) is 17.2. The third-order valence-corrected chi connectivity index (χ3v) is 4.27. The SMILES string of the molecule is O=C1Nc2ccc(Cl)cc2C1=Nc1ccc(Cc2ccncc2)cc1. The largest absolute Gasteiger partial charge is 0.320 e. The second kappa shape index (κ2) is 6.49. The predicted molar refractivity (Wildman–Crippen MR) is 99.8 cm³/mol. The van der Waals surface area contributed by atoms with Crippen LogP contribution in [0.3, 0.4) is 0 Å². The minimum Gasteiger partial charge on any atom is -0.320 e. The number of fused-ring (bicyclic) bond motifs is 1. The average molecular weight is 348 g/mol. The fraction of sp³-hybridized carbons (Fsp3) is 0.0500. The van der Waals surface area contributed by atoms with Crippen LogP contribution in [0.5, 0.6) is 0 Å². The van der Waals surface area contributed by atoms with E-state index in [1.54, 1.807) is 30.6 Å². The number of nitrogens with zero attached hydrogens (tertiary/aromatic N) is 2. The number of amides is 1. The zero-order valence-electron chi connectivity index (χ0n) is 13.2. The number of carbonyl (C=O) groups is 1. The number of hydrogen-bond donors (Lipinski definition) is 1. The third-order valence-electron chi connectivity index (χ3n) is 4.03. The van der Waals surface area contributed by atoms with Crippen LogP contribution in [-0.2, 0) is 11.2 Å². The number of hydrogen-bond acceptors (Lipinski definition) is 3. The van der Waals surface area contributed by atoms with Crippen molar-refractivity contribution in [1.82, 2.24) is 4.98 Å². The van der Waals surface area contributed by atoms with E-state index in [4.69, 9.17) is 11.6 Å². The standard InChI is InChI=1S/C20H14ClN3O/c21-15-3-6-18-17(12-15)19(20(25)24-18)23-16-4-1-13(2-5-16)11-14-7-9-22-10-8-14/h1-10,12H,11H2,(H,23,24,25). The molecule has 1 N–H and O–H groups in total. The lowest BCUT2D eigenvalue weighted by Crippen LogP contribution is -2.13. The topological polar surface area (TPSA) is 54.4 Å². The molecule has 0 fully saturated rings. The monoisotopic (exact) mass is 347 g/mol. The van der Waals surface area contributed by atoms with Gasteiger partial charge in [-0.1, -0.05) is 23.7 Å². The zero-order chi connectivity index (χ0) is 17.2. The Morgan fingerprint density at radius 3 is 2.44 bits per heavy atom. The molecule has 1 aliphatic rings. The second-order valence-corrected chi connectivity index (χ2v) is 6.24.